The van der Waals surface area contributed by atoms with Crippen LogP contribution in [0.2, 0.25) is 0 Å². The number of rotatable bonds is 3. The molecule has 1 heterocycles. The Labute approximate surface area is 104 Å². The Morgan fingerprint density at radius 3 is 3.12 bits per heavy atom. The van der Waals surface area contributed by atoms with Gasteiger partial charge in [-0.3, -0.25) is 4.79 Å². The molecule has 1 atom stereocenters. The number of hydrogen-bond acceptors (Lipinski definition) is 2. The highest BCUT2D eigenvalue weighted by molar-refractivity contribution is 9.10. The minimum Gasteiger partial charge on any atom is -0.351 e. The van der Waals surface area contributed by atoms with Crippen molar-refractivity contribution in [2.45, 2.75) is 25.4 Å². The van der Waals surface area contributed by atoms with E-state index in [0.717, 1.165) is 29.4 Å². The van der Waals surface area contributed by atoms with Crippen molar-refractivity contribution >= 4 is 21.8 Å². The van der Waals surface area contributed by atoms with Gasteiger partial charge in [0.05, 0.1) is 6.04 Å². The number of carbonyl (C=O) groups is 1. The van der Waals surface area contributed by atoms with E-state index in [-0.39, 0.29) is 11.9 Å². The number of amides is 1. The lowest BCUT2D eigenvalue weighted by Gasteiger charge is -2.11. The predicted octanol–water partition coefficient (Wildman–Crippen LogP) is 1.82. The van der Waals surface area contributed by atoms with Gasteiger partial charge in [0, 0.05) is 11.0 Å². The summed E-state index contributed by atoms with van der Waals surface area (Å²) in [7, 11) is 0. The summed E-state index contributed by atoms with van der Waals surface area (Å²) in [4.78, 5) is 11.7. The lowest BCUT2D eigenvalue weighted by atomic mass is 10.2. The van der Waals surface area contributed by atoms with E-state index in [1.807, 2.05) is 24.3 Å². The monoisotopic (exact) mass is 282 g/mol. The van der Waals surface area contributed by atoms with Crippen LogP contribution in [-0.2, 0) is 11.3 Å². The van der Waals surface area contributed by atoms with Gasteiger partial charge >= 0.3 is 0 Å². The van der Waals surface area contributed by atoms with Crippen LogP contribution in [0.5, 0.6) is 0 Å². The van der Waals surface area contributed by atoms with Crippen molar-refractivity contribution < 1.29 is 4.79 Å². The molecule has 1 aromatic carbocycles. The van der Waals surface area contributed by atoms with Gasteiger partial charge in [-0.25, -0.2) is 0 Å². The first-order valence-electron chi connectivity index (χ1n) is 5.51. The average molecular weight is 283 g/mol. The third kappa shape index (κ3) is 3.06. The summed E-state index contributed by atoms with van der Waals surface area (Å²) in [6.07, 6.45) is 2.04. The molecule has 1 aromatic rings. The van der Waals surface area contributed by atoms with Crippen molar-refractivity contribution in [1.29, 1.82) is 0 Å². The fourth-order valence-electron chi connectivity index (χ4n) is 1.87. The van der Waals surface area contributed by atoms with Crippen molar-refractivity contribution in [3.05, 3.63) is 34.3 Å². The third-order valence-corrected chi connectivity index (χ3v) is 3.23. The van der Waals surface area contributed by atoms with Crippen molar-refractivity contribution in [3.8, 4) is 0 Å². The second-order valence-corrected chi connectivity index (χ2v) is 4.91. The lowest BCUT2D eigenvalue weighted by molar-refractivity contribution is -0.122. The number of hydrogen-bond donors (Lipinski definition) is 2. The molecule has 1 amide bonds. The first kappa shape index (κ1) is 11.6. The zero-order valence-electron chi connectivity index (χ0n) is 9.00. The first-order valence-corrected chi connectivity index (χ1v) is 6.30. The molecule has 0 radical (unpaired) electrons. The molecule has 0 unspecified atom stereocenters. The minimum atomic E-state index is 0.00662. The summed E-state index contributed by atoms with van der Waals surface area (Å²) >= 11 is 3.41. The van der Waals surface area contributed by atoms with Gasteiger partial charge in [0.25, 0.3) is 0 Å². The Kier molecular flexibility index (Phi) is 3.96. The molecule has 0 bridgehead atoms. The number of halogens is 1. The van der Waals surface area contributed by atoms with Crippen molar-refractivity contribution in [3.63, 3.8) is 0 Å². The van der Waals surface area contributed by atoms with Gasteiger partial charge in [0.1, 0.15) is 0 Å². The summed E-state index contributed by atoms with van der Waals surface area (Å²) in [6.45, 7) is 1.55. The van der Waals surface area contributed by atoms with Crippen molar-refractivity contribution in [2.75, 3.05) is 6.54 Å². The Bertz CT molecular complexity index is 375. The zero-order valence-corrected chi connectivity index (χ0v) is 10.6. The van der Waals surface area contributed by atoms with E-state index in [1.165, 1.54) is 0 Å². The van der Waals surface area contributed by atoms with E-state index >= 15 is 0 Å². The standard InChI is InChI=1S/C12H15BrN2O/c13-10-4-1-3-9(7-10)8-15-12(16)11-5-2-6-14-11/h1,3-4,7,11,14H,2,5-6,8H2,(H,15,16)/t11-/m1/s1. The van der Waals surface area contributed by atoms with E-state index in [9.17, 15) is 4.79 Å². The van der Waals surface area contributed by atoms with Crippen LogP contribution in [0.4, 0.5) is 0 Å². The number of nitrogens with one attached hydrogen (secondary N) is 2. The fourth-order valence-corrected chi connectivity index (χ4v) is 2.31. The predicted molar refractivity (Wildman–Crippen MR) is 67.0 cm³/mol. The van der Waals surface area contributed by atoms with Crippen LogP contribution in [0, 0.1) is 0 Å². The topological polar surface area (TPSA) is 41.1 Å². The van der Waals surface area contributed by atoms with Gasteiger partial charge in [-0.2, -0.15) is 0 Å². The fraction of sp³-hybridized carbons (Fsp3) is 0.417. The lowest BCUT2D eigenvalue weighted by Crippen LogP contribution is -2.39. The number of benzene rings is 1. The molecular weight excluding hydrogens is 268 g/mol. The molecule has 0 aliphatic carbocycles. The Morgan fingerprint density at radius 1 is 1.56 bits per heavy atom. The summed E-state index contributed by atoms with van der Waals surface area (Å²) in [5.41, 5.74) is 1.11. The molecule has 3 nitrogen and oxygen atoms in total. The number of carbonyl (C=O) groups excluding carboxylic acids is 1. The van der Waals surface area contributed by atoms with Gasteiger partial charge in [-0.15, -0.1) is 0 Å². The van der Waals surface area contributed by atoms with Crippen LogP contribution in [0.1, 0.15) is 18.4 Å². The van der Waals surface area contributed by atoms with Crippen LogP contribution in [-0.4, -0.2) is 18.5 Å². The van der Waals surface area contributed by atoms with Crippen LogP contribution in [0.25, 0.3) is 0 Å². The van der Waals surface area contributed by atoms with Crippen LogP contribution in [0.15, 0.2) is 28.7 Å². The van der Waals surface area contributed by atoms with E-state index < -0.39 is 0 Å². The van der Waals surface area contributed by atoms with Gasteiger partial charge in [0.2, 0.25) is 5.91 Å². The normalized spacial score (nSPS) is 19.7. The summed E-state index contributed by atoms with van der Waals surface area (Å²) in [5, 5.41) is 6.13. The average Bonchev–Trinajstić information content (AvgIpc) is 2.79. The molecule has 86 valence electrons. The maximum Gasteiger partial charge on any atom is 0.237 e. The maximum atomic E-state index is 11.7. The van der Waals surface area contributed by atoms with Crippen LogP contribution in [0.3, 0.4) is 0 Å². The second-order valence-electron chi connectivity index (χ2n) is 4.00. The molecule has 16 heavy (non-hydrogen) atoms. The Balaban J connectivity index is 1.84. The second kappa shape index (κ2) is 5.46. The Hall–Kier alpha value is -0.870. The molecule has 1 saturated heterocycles. The van der Waals surface area contributed by atoms with Crippen molar-refractivity contribution in [2.24, 2.45) is 0 Å². The minimum absolute atomic E-state index is 0.00662. The van der Waals surface area contributed by atoms with E-state index in [4.69, 9.17) is 0 Å². The van der Waals surface area contributed by atoms with Crippen LogP contribution < -0.4 is 10.6 Å². The summed E-state index contributed by atoms with van der Waals surface area (Å²) in [6, 6.07) is 7.98. The quantitative estimate of drug-likeness (QED) is 0.888. The van der Waals surface area contributed by atoms with Gasteiger partial charge in [-0.05, 0) is 37.1 Å². The third-order valence-electron chi connectivity index (χ3n) is 2.73. The summed E-state index contributed by atoms with van der Waals surface area (Å²) < 4.78 is 1.04. The molecule has 1 aliphatic heterocycles. The molecule has 4 heteroatoms. The van der Waals surface area contributed by atoms with Crippen molar-refractivity contribution in [1.82, 2.24) is 10.6 Å². The smallest absolute Gasteiger partial charge is 0.237 e. The zero-order chi connectivity index (χ0) is 11.4. The van der Waals surface area contributed by atoms with Gasteiger partial charge in [0.15, 0.2) is 0 Å². The first-order chi connectivity index (χ1) is 7.75. The van der Waals surface area contributed by atoms with Gasteiger partial charge in [-0.1, -0.05) is 28.1 Å². The molecule has 1 fully saturated rings. The van der Waals surface area contributed by atoms with E-state index in [0.29, 0.717) is 6.54 Å². The largest absolute Gasteiger partial charge is 0.351 e. The highest BCUT2D eigenvalue weighted by atomic mass is 79.9. The van der Waals surface area contributed by atoms with Crippen LogP contribution >= 0.6 is 15.9 Å². The SMILES string of the molecule is O=C(NCc1cccc(Br)c1)[C@H]1CCCN1. The Morgan fingerprint density at radius 2 is 2.44 bits per heavy atom. The highest BCUT2D eigenvalue weighted by Gasteiger charge is 2.21. The molecule has 2 rings (SSSR count). The molecule has 2 N–H and O–H groups in total. The molecule has 1 aliphatic rings. The molecule has 0 spiro atoms. The molecule has 0 saturated carbocycles. The molecular formula is C12H15BrN2O. The molecule has 0 aromatic heterocycles. The van der Waals surface area contributed by atoms with E-state index in [1.54, 1.807) is 0 Å². The van der Waals surface area contributed by atoms with E-state index in [2.05, 4.69) is 26.6 Å². The summed E-state index contributed by atoms with van der Waals surface area (Å²) in [5.74, 6) is 0.109. The highest BCUT2D eigenvalue weighted by Crippen LogP contribution is 2.11. The van der Waals surface area contributed by atoms with Gasteiger partial charge < -0.3 is 10.6 Å². The maximum absolute atomic E-state index is 11.7.